The minimum atomic E-state index is -0.833. The van der Waals surface area contributed by atoms with E-state index >= 15 is 0 Å². The molecule has 74 valence electrons. The minimum absolute atomic E-state index is 0.0984. The highest BCUT2D eigenvalue weighted by Gasteiger charge is 2.13. The number of amidine groups is 1. The highest BCUT2D eigenvalue weighted by molar-refractivity contribution is 7.96. The molecule has 0 N–H and O–H groups in total. The Morgan fingerprint density at radius 2 is 1.85 bits per heavy atom. The van der Waals surface area contributed by atoms with Gasteiger partial charge in [0.2, 0.25) is 0 Å². The van der Waals surface area contributed by atoms with Gasteiger partial charge >= 0.3 is 12.2 Å². The van der Waals surface area contributed by atoms with Crippen LogP contribution in [0.4, 0.5) is 9.59 Å². The van der Waals surface area contributed by atoms with Crippen LogP contribution in [0.5, 0.6) is 0 Å². The minimum Gasteiger partial charge on any atom is -0.452 e. The van der Waals surface area contributed by atoms with E-state index in [0.29, 0.717) is 0 Å². The molecule has 0 bridgehead atoms. The van der Waals surface area contributed by atoms with Crippen LogP contribution in [0.25, 0.3) is 0 Å². The van der Waals surface area contributed by atoms with Gasteiger partial charge in [-0.2, -0.15) is 4.99 Å². The van der Waals surface area contributed by atoms with E-state index in [9.17, 15) is 9.59 Å². The van der Waals surface area contributed by atoms with E-state index in [-0.39, 0.29) is 5.17 Å². The van der Waals surface area contributed by atoms with Crippen molar-refractivity contribution in [1.82, 2.24) is 4.90 Å². The van der Waals surface area contributed by atoms with Gasteiger partial charge in [-0.3, -0.25) is 4.90 Å². The van der Waals surface area contributed by atoms with Gasteiger partial charge in [0.05, 0.1) is 14.2 Å². The molecule has 0 aliphatic rings. The monoisotopic (exact) mass is 206 g/mol. The number of aliphatic imine (C=N–C) groups is 1. The summed E-state index contributed by atoms with van der Waals surface area (Å²) in [6, 6.07) is 0. The molecule has 0 aromatic rings. The first-order valence-electron chi connectivity index (χ1n) is 3.20. The Bertz CT molecular complexity index is 241. The Morgan fingerprint density at radius 3 is 2.23 bits per heavy atom. The molecule has 0 atom stereocenters. The van der Waals surface area contributed by atoms with E-state index in [1.165, 1.54) is 21.3 Å². The summed E-state index contributed by atoms with van der Waals surface area (Å²) >= 11 is 3.79. The Balaban J connectivity index is 4.40. The second-order valence-corrected chi connectivity index (χ2v) is 2.31. The first-order chi connectivity index (χ1) is 6.02. The SMILES string of the molecule is COC(=O)N=C(S)N(C)C(=O)OC. The van der Waals surface area contributed by atoms with Crippen molar-refractivity contribution in [2.75, 3.05) is 21.3 Å². The first-order valence-corrected chi connectivity index (χ1v) is 3.65. The van der Waals surface area contributed by atoms with Crippen LogP contribution in [0.1, 0.15) is 0 Å². The third-order valence-corrected chi connectivity index (χ3v) is 1.51. The lowest BCUT2D eigenvalue weighted by atomic mass is 10.8. The van der Waals surface area contributed by atoms with Crippen molar-refractivity contribution in [3.63, 3.8) is 0 Å². The molecule has 0 aliphatic heterocycles. The molecule has 13 heavy (non-hydrogen) atoms. The van der Waals surface area contributed by atoms with Crippen LogP contribution >= 0.6 is 12.6 Å². The quantitative estimate of drug-likeness (QED) is 0.360. The van der Waals surface area contributed by atoms with Gasteiger partial charge < -0.3 is 9.47 Å². The molecule has 7 heteroatoms. The highest BCUT2D eigenvalue weighted by atomic mass is 32.1. The van der Waals surface area contributed by atoms with Gasteiger partial charge in [-0.05, 0) is 0 Å². The van der Waals surface area contributed by atoms with Gasteiger partial charge in [-0.1, -0.05) is 0 Å². The maximum absolute atomic E-state index is 10.8. The molecular weight excluding hydrogens is 196 g/mol. The van der Waals surface area contributed by atoms with Crippen molar-refractivity contribution in [3.05, 3.63) is 0 Å². The van der Waals surface area contributed by atoms with Gasteiger partial charge in [0.1, 0.15) is 0 Å². The van der Waals surface area contributed by atoms with E-state index in [1.807, 2.05) is 0 Å². The summed E-state index contributed by atoms with van der Waals surface area (Å²) in [7, 11) is 3.74. The summed E-state index contributed by atoms with van der Waals surface area (Å²) < 4.78 is 8.58. The molecule has 6 nitrogen and oxygen atoms in total. The van der Waals surface area contributed by atoms with Gasteiger partial charge in [-0.15, -0.1) is 12.6 Å². The summed E-state index contributed by atoms with van der Waals surface area (Å²) in [5.74, 6) is 0. The number of thiol groups is 1. The average molecular weight is 206 g/mol. The van der Waals surface area contributed by atoms with Crippen molar-refractivity contribution in [2.45, 2.75) is 0 Å². The average Bonchev–Trinajstić information content (AvgIpc) is 2.14. The lowest BCUT2D eigenvalue weighted by molar-refractivity contribution is 0.152. The number of hydrogen-bond acceptors (Lipinski definition) is 4. The summed E-state index contributed by atoms with van der Waals surface area (Å²) in [6.07, 6.45) is -1.50. The van der Waals surface area contributed by atoms with Crippen molar-refractivity contribution in [2.24, 2.45) is 4.99 Å². The molecule has 0 aromatic carbocycles. The molecule has 0 saturated heterocycles. The van der Waals surface area contributed by atoms with E-state index in [4.69, 9.17) is 0 Å². The number of carbonyl (C=O) groups is 2. The van der Waals surface area contributed by atoms with Gasteiger partial charge in [-0.25, -0.2) is 9.59 Å². The zero-order valence-electron chi connectivity index (χ0n) is 7.47. The van der Waals surface area contributed by atoms with Crippen molar-refractivity contribution < 1.29 is 19.1 Å². The van der Waals surface area contributed by atoms with Crippen LogP contribution in [-0.2, 0) is 9.47 Å². The van der Waals surface area contributed by atoms with Gasteiger partial charge in [0, 0.05) is 7.05 Å². The van der Waals surface area contributed by atoms with Crippen molar-refractivity contribution in [1.29, 1.82) is 0 Å². The van der Waals surface area contributed by atoms with Crippen LogP contribution < -0.4 is 0 Å². The van der Waals surface area contributed by atoms with Crippen LogP contribution in [0.15, 0.2) is 4.99 Å². The van der Waals surface area contributed by atoms with Crippen molar-refractivity contribution in [3.8, 4) is 0 Å². The summed E-state index contributed by atoms with van der Waals surface area (Å²) in [5.41, 5.74) is 0. The summed E-state index contributed by atoms with van der Waals surface area (Å²) in [5, 5.41) is -0.0984. The highest BCUT2D eigenvalue weighted by Crippen LogP contribution is 1.97. The normalized spacial score (nSPS) is 10.6. The van der Waals surface area contributed by atoms with Crippen LogP contribution in [-0.4, -0.2) is 43.5 Å². The fourth-order valence-electron chi connectivity index (χ4n) is 0.421. The fourth-order valence-corrected chi connectivity index (χ4v) is 0.584. The topological polar surface area (TPSA) is 68.2 Å². The molecule has 2 amide bonds. The van der Waals surface area contributed by atoms with Gasteiger partial charge in [0.15, 0.2) is 5.17 Å². The smallest absolute Gasteiger partial charge is 0.435 e. The molecule has 0 unspecified atom stereocenters. The Hall–Kier alpha value is -1.24. The van der Waals surface area contributed by atoms with Crippen molar-refractivity contribution >= 4 is 30.0 Å². The predicted octanol–water partition coefficient (Wildman–Crippen LogP) is 0.737. The number of nitrogens with zero attached hydrogens (tertiary/aromatic N) is 2. The Kier molecular flexibility index (Phi) is 4.90. The molecule has 0 radical (unpaired) electrons. The fraction of sp³-hybridized carbons (Fsp3) is 0.500. The first kappa shape index (κ1) is 11.8. The standard InChI is InChI=1S/C6H10N2O4S/c1-8(6(10)12-3)4(13)7-5(9)11-2/h1-3H3,(H,7,9,13). The van der Waals surface area contributed by atoms with Crippen LogP contribution in [0.2, 0.25) is 0 Å². The van der Waals surface area contributed by atoms with Crippen LogP contribution in [0, 0.1) is 0 Å². The lowest BCUT2D eigenvalue weighted by Crippen LogP contribution is -2.30. The zero-order chi connectivity index (χ0) is 10.4. The number of ether oxygens (including phenoxy) is 2. The van der Waals surface area contributed by atoms with Crippen LogP contribution in [0.3, 0.4) is 0 Å². The Morgan fingerprint density at radius 1 is 1.31 bits per heavy atom. The lowest BCUT2D eigenvalue weighted by Gasteiger charge is -2.12. The zero-order valence-corrected chi connectivity index (χ0v) is 8.37. The number of hydrogen-bond donors (Lipinski definition) is 1. The van der Waals surface area contributed by atoms with E-state index in [2.05, 4.69) is 27.1 Å². The van der Waals surface area contributed by atoms with Gasteiger partial charge in [0.25, 0.3) is 0 Å². The Labute approximate surface area is 80.9 Å². The third-order valence-electron chi connectivity index (χ3n) is 1.11. The molecule has 0 rings (SSSR count). The third kappa shape index (κ3) is 3.79. The summed E-state index contributed by atoms with van der Waals surface area (Å²) in [4.78, 5) is 25.7. The predicted molar refractivity (Wildman–Crippen MR) is 49.0 cm³/mol. The molecule has 0 fully saturated rings. The number of methoxy groups -OCH3 is 2. The number of rotatable bonds is 0. The molecule has 0 aliphatic carbocycles. The molecule has 0 spiro atoms. The second kappa shape index (κ2) is 5.41. The summed E-state index contributed by atoms with van der Waals surface area (Å²) in [6.45, 7) is 0. The van der Waals surface area contributed by atoms with E-state index in [0.717, 1.165) is 4.90 Å². The van der Waals surface area contributed by atoms with E-state index in [1.54, 1.807) is 0 Å². The maximum atomic E-state index is 10.8. The number of carbonyl (C=O) groups excluding carboxylic acids is 2. The molecule has 0 saturated carbocycles. The number of amides is 2. The second-order valence-electron chi connectivity index (χ2n) is 1.91. The molecule has 0 heterocycles. The van der Waals surface area contributed by atoms with E-state index < -0.39 is 12.2 Å². The molecule has 0 aromatic heterocycles. The molecular formula is C6H10N2O4S. The maximum Gasteiger partial charge on any atom is 0.435 e. The largest absolute Gasteiger partial charge is 0.452 e.